The van der Waals surface area contributed by atoms with Crippen LogP contribution in [0.4, 0.5) is 0 Å². The highest BCUT2D eigenvalue weighted by atomic mass is 35.5. The number of hydrazine groups is 1. The standard InChI is InChI=1S/C25H14Cl6N2O4/c1-10-3-5-12(6-4-10)22(34)11(2)32(23(35)14-8-7-13(26)9-15(14)27)33-24(36)16-17(25(33)37)19(29)21(31)20(30)18(16)28/h3-9,11H,1-2H3/t11-/m1/s1. The van der Waals surface area contributed by atoms with Crippen LogP contribution in [0.3, 0.4) is 0 Å². The van der Waals surface area contributed by atoms with Crippen molar-refractivity contribution in [3.63, 3.8) is 0 Å². The Balaban J connectivity index is 1.89. The highest BCUT2D eigenvalue weighted by Gasteiger charge is 2.48. The van der Waals surface area contributed by atoms with Crippen molar-refractivity contribution in [1.29, 1.82) is 0 Å². The minimum absolute atomic E-state index is 0.0590. The van der Waals surface area contributed by atoms with Crippen molar-refractivity contribution in [1.82, 2.24) is 10.0 Å². The van der Waals surface area contributed by atoms with Gasteiger partial charge in [0, 0.05) is 10.6 Å². The highest BCUT2D eigenvalue weighted by molar-refractivity contribution is 6.55. The van der Waals surface area contributed by atoms with Crippen LogP contribution in [0, 0.1) is 6.92 Å². The summed E-state index contributed by atoms with van der Waals surface area (Å²) in [7, 11) is 0. The first kappa shape index (κ1) is 27.7. The number of carbonyl (C=O) groups excluding carboxylic acids is 4. The summed E-state index contributed by atoms with van der Waals surface area (Å²) in [5.41, 5.74) is 0.349. The zero-order valence-corrected chi connectivity index (χ0v) is 23.4. The summed E-state index contributed by atoms with van der Waals surface area (Å²) in [6.45, 7) is 3.22. The van der Waals surface area contributed by atoms with Gasteiger partial charge in [0.15, 0.2) is 5.78 Å². The van der Waals surface area contributed by atoms with Gasteiger partial charge in [-0.2, -0.15) is 5.01 Å². The van der Waals surface area contributed by atoms with Gasteiger partial charge in [-0.25, -0.2) is 5.01 Å². The van der Waals surface area contributed by atoms with Crippen molar-refractivity contribution in [3.8, 4) is 0 Å². The molecule has 0 radical (unpaired) electrons. The Morgan fingerprint density at radius 3 is 1.78 bits per heavy atom. The number of benzene rings is 3. The van der Waals surface area contributed by atoms with Crippen LogP contribution in [0.5, 0.6) is 0 Å². The third-order valence-electron chi connectivity index (χ3n) is 5.75. The second-order valence-corrected chi connectivity index (χ2v) is 10.5. The number of imide groups is 1. The lowest BCUT2D eigenvalue weighted by Gasteiger charge is -2.34. The first-order valence-corrected chi connectivity index (χ1v) is 12.8. The van der Waals surface area contributed by atoms with E-state index in [2.05, 4.69) is 0 Å². The summed E-state index contributed by atoms with van der Waals surface area (Å²) < 4.78 is 0. The number of rotatable bonds is 5. The van der Waals surface area contributed by atoms with Crippen molar-refractivity contribution >= 4 is 93.1 Å². The lowest BCUT2D eigenvalue weighted by molar-refractivity contribution is -0.00679. The molecule has 0 spiro atoms. The lowest BCUT2D eigenvalue weighted by Crippen LogP contribution is -2.56. The number of fused-ring (bicyclic) bond motifs is 1. The van der Waals surface area contributed by atoms with E-state index in [4.69, 9.17) is 69.6 Å². The van der Waals surface area contributed by atoms with Crippen molar-refractivity contribution in [2.45, 2.75) is 19.9 Å². The van der Waals surface area contributed by atoms with Crippen LogP contribution in [-0.4, -0.2) is 39.6 Å². The Bertz CT molecular complexity index is 1460. The molecule has 4 rings (SSSR count). The van der Waals surface area contributed by atoms with Crippen LogP contribution >= 0.6 is 69.6 Å². The Morgan fingerprint density at radius 2 is 1.30 bits per heavy atom. The molecule has 6 nitrogen and oxygen atoms in total. The van der Waals surface area contributed by atoms with Crippen LogP contribution < -0.4 is 0 Å². The summed E-state index contributed by atoms with van der Waals surface area (Å²) in [4.78, 5) is 54.4. The topological polar surface area (TPSA) is 74.8 Å². The molecule has 0 bridgehead atoms. The number of nitrogens with zero attached hydrogens (tertiary/aromatic N) is 2. The van der Waals surface area contributed by atoms with Crippen molar-refractivity contribution in [2.24, 2.45) is 0 Å². The number of Topliss-reactive ketones (excluding diaryl/α,β-unsaturated/α-hetero) is 1. The minimum Gasteiger partial charge on any atom is -0.292 e. The Kier molecular flexibility index (Phi) is 7.82. The number of halogens is 6. The molecule has 1 aliphatic rings. The number of carbonyl (C=O) groups is 4. The second kappa shape index (κ2) is 10.4. The van der Waals surface area contributed by atoms with Crippen molar-refractivity contribution in [2.75, 3.05) is 0 Å². The van der Waals surface area contributed by atoms with Gasteiger partial charge in [-0.05, 0) is 32.0 Å². The van der Waals surface area contributed by atoms with Gasteiger partial charge in [0.1, 0.15) is 6.04 Å². The zero-order chi connectivity index (χ0) is 27.3. The van der Waals surface area contributed by atoms with Gasteiger partial charge in [-0.3, -0.25) is 19.2 Å². The molecule has 1 aliphatic heterocycles. The summed E-state index contributed by atoms with van der Waals surface area (Å²) in [6.07, 6.45) is 0. The van der Waals surface area contributed by atoms with E-state index in [1.54, 1.807) is 24.3 Å². The van der Waals surface area contributed by atoms with Crippen LogP contribution in [0.2, 0.25) is 30.1 Å². The van der Waals surface area contributed by atoms with Gasteiger partial charge in [-0.15, -0.1) is 0 Å². The maximum absolute atomic E-state index is 13.8. The zero-order valence-electron chi connectivity index (χ0n) is 18.9. The third kappa shape index (κ3) is 4.71. The predicted molar refractivity (Wildman–Crippen MR) is 145 cm³/mol. The van der Waals surface area contributed by atoms with E-state index in [0.717, 1.165) is 10.6 Å². The Morgan fingerprint density at radius 1 is 0.784 bits per heavy atom. The number of hydrogen-bond acceptors (Lipinski definition) is 4. The van der Waals surface area contributed by atoms with Gasteiger partial charge in [0.05, 0.1) is 41.8 Å². The van der Waals surface area contributed by atoms with E-state index >= 15 is 0 Å². The molecular formula is C25H14Cl6N2O4. The molecule has 0 aliphatic carbocycles. The van der Waals surface area contributed by atoms with E-state index in [0.29, 0.717) is 5.01 Å². The van der Waals surface area contributed by atoms with Crippen LogP contribution in [0.15, 0.2) is 42.5 Å². The largest absolute Gasteiger partial charge is 0.292 e. The molecule has 3 aromatic rings. The van der Waals surface area contributed by atoms with Crippen LogP contribution in [-0.2, 0) is 0 Å². The van der Waals surface area contributed by atoms with Gasteiger partial charge in [-0.1, -0.05) is 99.4 Å². The quantitative estimate of drug-likeness (QED) is 0.126. The minimum atomic E-state index is -1.35. The van der Waals surface area contributed by atoms with E-state index in [1.807, 2.05) is 6.92 Å². The first-order valence-electron chi connectivity index (χ1n) is 10.5. The normalized spacial score (nSPS) is 13.6. The summed E-state index contributed by atoms with van der Waals surface area (Å²) in [5.74, 6) is -3.52. The van der Waals surface area contributed by atoms with Gasteiger partial charge < -0.3 is 0 Å². The summed E-state index contributed by atoms with van der Waals surface area (Å²) in [5, 5.41) is 0.296. The van der Waals surface area contributed by atoms with Gasteiger partial charge in [0.2, 0.25) is 0 Å². The smallest absolute Gasteiger partial charge is 0.282 e. The fourth-order valence-electron chi connectivity index (χ4n) is 3.83. The van der Waals surface area contributed by atoms with E-state index in [9.17, 15) is 19.2 Å². The number of amides is 3. The molecule has 1 atom stereocenters. The molecule has 0 aromatic heterocycles. The van der Waals surface area contributed by atoms with Crippen molar-refractivity contribution < 1.29 is 19.2 Å². The Hall–Kier alpha value is -2.32. The van der Waals surface area contributed by atoms with Crippen LogP contribution in [0.25, 0.3) is 0 Å². The molecular weight excluding hydrogens is 605 g/mol. The molecule has 3 aromatic carbocycles. The van der Waals surface area contributed by atoms with E-state index in [-0.39, 0.29) is 52.4 Å². The van der Waals surface area contributed by atoms with Crippen molar-refractivity contribution in [3.05, 3.63) is 100 Å². The molecule has 0 N–H and O–H groups in total. The molecule has 3 amide bonds. The molecule has 0 fully saturated rings. The van der Waals surface area contributed by atoms with E-state index in [1.165, 1.54) is 25.1 Å². The lowest BCUT2D eigenvalue weighted by atomic mass is 10.0. The molecule has 1 heterocycles. The average Bonchev–Trinajstić information content (AvgIpc) is 3.11. The maximum atomic E-state index is 13.8. The molecule has 37 heavy (non-hydrogen) atoms. The number of hydrogen-bond donors (Lipinski definition) is 0. The van der Waals surface area contributed by atoms with Crippen LogP contribution in [0.1, 0.15) is 53.9 Å². The SMILES string of the molecule is Cc1ccc(C(=O)[C@@H](C)N(C(=O)c2ccc(Cl)cc2Cl)N2C(=O)c3c(Cl)c(Cl)c(Cl)c(Cl)c3C2=O)cc1. The van der Waals surface area contributed by atoms with Gasteiger partial charge in [0.25, 0.3) is 17.7 Å². The highest BCUT2D eigenvalue weighted by Crippen LogP contribution is 2.45. The monoisotopic (exact) mass is 616 g/mol. The molecule has 0 saturated heterocycles. The predicted octanol–water partition coefficient (Wildman–Crippen LogP) is 7.84. The first-order chi connectivity index (χ1) is 17.4. The summed E-state index contributed by atoms with van der Waals surface area (Å²) in [6, 6.07) is 9.25. The maximum Gasteiger partial charge on any atom is 0.282 e. The molecule has 190 valence electrons. The Labute approximate surface area is 241 Å². The van der Waals surface area contributed by atoms with Gasteiger partial charge >= 0.3 is 0 Å². The fraction of sp³-hybridized carbons (Fsp3) is 0.120. The number of aryl methyl sites for hydroxylation is 1. The number of ketones is 1. The second-order valence-electron chi connectivity index (χ2n) is 8.11. The van der Waals surface area contributed by atoms with E-state index < -0.39 is 29.5 Å². The third-order valence-corrected chi connectivity index (χ3v) is 8.10. The fourth-order valence-corrected chi connectivity index (χ4v) is 5.33. The molecule has 0 saturated carbocycles. The summed E-state index contributed by atoms with van der Waals surface area (Å²) >= 11 is 37.0. The molecule has 12 heteroatoms. The molecule has 0 unspecified atom stereocenters. The average molecular weight is 619 g/mol.